The lowest BCUT2D eigenvalue weighted by molar-refractivity contribution is -0.138. The third kappa shape index (κ3) is 7.24. The van der Waals surface area contributed by atoms with Gasteiger partial charge in [-0.2, -0.15) is 18.3 Å². The van der Waals surface area contributed by atoms with E-state index in [2.05, 4.69) is 44.0 Å². The number of rotatable bonds is 5. The lowest BCUT2D eigenvalue weighted by atomic mass is 10.1. The molecule has 38 heavy (non-hydrogen) atoms. The lowest BCUT2D eigenvalue weighted by Gasteiger charge is -2.14. The Balaban J connectivity index is 0.000000504. The van der Waals surface area contributed by atoms with Crippen LogP contribution in [0.4, 0.5) is 30.4 Å². The molecule has 1 amide bonds. The predicted molar refractivity (Wildman–Crippen MR) is 142 cm³/mol. The molecule has 0 atom stereocenters. The largest absolute Gasteiger partial charge is 0.496 e. The molecule has 11 heteroatoms. The van der Waals surface area contributed by atoms with E-state index < -0.39 is 17.6 Å². The fourth-order valence-corrected chi connectivity index (χ4v) is 3.67. The van der Waals surface area contributed by atoms with Crippen LogP contribution in [0.1, 0.15) is 28.8 Å². The Morgan fingerprint density at radius 2 is 1.79 bits per heavy atom. The van der Waals surface area contributed by atoms with Gasteiger partial charge in [0.2, 0.25) is 0 Å². The zero-order valence-electron chi connectivity index (χ0n) is 20.6. The summed E-state index contributed by atoms with van der Waals surface area (Å²) in [6.07, 6.45) is 9.43. The number of pyridine rings is 1. The molecule has 0 aliphatic carbocycles. The molecule has 4 aromatic rings. The molecule has 5 rings (SSSR count). The molecule has 1 fully saturated rings. The van der Waals surface area contributed by atoms with Crippen molar-refractivity contribution in [2.45, 2.75) is 19.0 Å². The van der Waals surface area contributed by atoms with Crippen molar-refractivity contribution in [1.82, 2.24) is 20.5 Å². The molecule has 1 saturated heterocycles. The number of terminal acetylenes is 1. The van der Waals surface area contributed by atoms with E-state index in [1.54, 1.807) is 18.3 Å². The number of ether oxygens (including phenoxy) is 1. The minimum absolute atomic E-state index is 0.156. The topological polar surface area (TPSA) is 104 Å². The second kappa shape index (κ2) is 13.1. The molecule has 198 valence electrons. The number of hydrogen-bond donors (Lipinski definition) is 4. The Morgan fingerprint density at radius 1 is 1.05 bits per heavy atom. The zero-order valence-corrected chi connectivity index (χ0v) is 20.6. The van der Waals surface area contributed by atoms with Crippen LogP contribution in [0.3, 0.4) is 0 Å². The van der Waals surface area contributed by atoms with Crippen LogP contribution in [0.25, 0.3) is 10.9 Å². The van der Waals surface area contributed by atoms with Crippen LogP contribution in [0.2, 0.25) is 0 Å². The summed E-state index contributed by atoms with van der Waals surface area (Å²) in [7, 11) is 1.13. The van der Waals surface area contributed by atoms with Gasteiger partial charge in [-0.15, -0.1) is 12.8 Å². The van der Waals surface area contributed by atoms with Gasteiger partial charge in [0.1, 0.15) is 11.6 Å². The summed E-state index contributed by atoms with van der Waals surface area (Å²) in [5, 5.41) is 16.6. The van der Waals surface area contributed by atoms with Crippen molar-refractivity contribution in [1.29, 1.82) is 0 Å². The molecule has 0 bridgehead atoms. The van der Waals surface area contributed by atoms with E-state index >= 15 is 0 Å². The number of anilines is 3. The minimum atomic E-state index is -4.57. The quantitative estimate of drug-likeness (QED) is 0.254. The first-order chi connectivity index (χ1) is 18.3. The second-order valence-corrected chi connectivity index (χ2v) is 8.02. The molecule has 0 unspecified atom stereocenters. The van der Waals surface area contributed by atoms with Crippen molar-refractivity contribution in [3.63, 3.8) is 0 Å². The van der Waals surface area contributed by atoms with Crippen LogP contribution < -0.4 is 20.7 Å². The Hall–Kier alpha value is -4.56. The van der Waals surface area contributed by atoms with Crippen LogP contribution >= 0.6 is 0 Å². The number of aromatic nitrogens is 3. The number of nitrogens with zero attached hydrogens (tertiary/aromatic N) is 2. The first-order valence-electron chi connectivity index (χ1n) is 11.6. The molecule has 0 saturated carbocycles. The predicted octanol–water partition coefficient (Wildman–Crippen LogP) is 5.60. The average Bonchev–Trinajstić information content (AvgIpc) is 3.65. The number of carbonyl (C=O) groups excluding carboxylic acids is 1. The maximum atomic E-state index is 13.0. The van der Waals surface area contributed by atoms with E-state index in [1.165, 1.54) is 38.2 Å². The third-order valence-electron chi connectivity index (χ3n) is 5.48. The SMILES string of the molecule is C#C.C1CCNC1.COc1cc(NC(=O)c2cccnc2Nc2ccc3cn[nH]c3c2)ccc1C(F)(F)F. The van der Waals surface area contributed by atoms with E-state index in [-0.39, 0.29) is 22.8 Å². The summed E-state index contributed by atoms with van der Waals surface area (Å²) < 4.78 is 44.0. The van der Waals surface area contributed by atoms with Gasteiger partial charge in [-0.25, -0.2) is 4.98 Å². The highest BCUT2D eigenvalue weighted by atomic mass is 19.4. The number of hydrogen-bond acceptors (Lipinski definition) is 6. The van der Waals surface area contributed by atoms with E-state index in [4.69, 9.17) is 4.74 Å². The maximum absolute atomic E-state index is 13.0. The summed E-state index contributed by atoms with van der Waals surface area (Å²) in [6, 6.07) is 11.8. The number of benzene rings is 2. The summed E-state index contributed by atoms with van der Waals surface area (Å²) >= 11 is 0. The molecular formula is C27H27F3N6O2. The molecule has 4 N–H and O–H groups in total. The third-order valence-corrected chi connectivity index (χ3v) is 5.48. The van der Waals surface area contributed by atoms with Crippen molar-refractivity contribution in [3.8, 4) is 18.6 Å². The van der Waals surface area contributed by atoms with Gasteiger partial charge in [-0.3, -0.25) is 9.89 Å². The van der Waals surface area contributed by atoms with Crippen molar-refractivity contribution < 1.29 is 22.7 Å². The van der Waals surface area contributed by atoms with Gasteiger partial charge in [-0.1, -0.05) is 0 Å². The van der Waals surface area contributed by atoms with Crippen LogP contribution in [-0.2, 0) is 6.18 Å². The summed E-state index contributed by atoms with van der Waals surface area (Å²) in [6.45, 7) is 2.50. The Labute approximate surface area is 218 Å². The summed E-state index contributed by atoms with van der Waals surface area (Å²) in [4.78, 5) is 17.0. The van der Waals surface area contributed by atoms with Gasteiger partial charge >= 0.3 is 6.18 Å². The highest BCUT2D eigenvalue weighted by molar-refractivity contribution is 6.08. The fourth-order valence-electron chi connectivity index (χ4n) is 3.67. The van der Waals surface area contributed by atoms with Crippen molar-refractivity contribution >= 4 is 34.0 Å². The smallest absolute Gasteiger partial charge is 0.419 e. The second-order valence-electron chi connectivity index (χ2n) is 8.02. The summed E-state index contributed by atoms with van der Waals surface area (Å²) in [5.74, 6) is -0.638. The number of H-pyrrole nitrogens is 1. The van der Waals surface area contributed by atoms with Crippen molar-refractivity contribution in [2.75, 3.05) is 30.8 Å². The Bertz CT molecular complexity index is 1370. The number of halogens is 3. The number of methoxy groups -OCH3 is 1. The lowest BCUT2D eigenvalue weighted by Crippen LogP contribution is -2.15. The number of aromatic amines is 1. The molecule has 1 aliphatic heterocycles. The van der Waals surface area contributed by atoms with Crippen LogP contribution in [0.15, 0.2) is 60.9 Å². The Morgan fingerprint density at radius 3 is 2.45 bits per heavy atom. The highest BCUT2D eigenvalue weighted by Gasteiger charge is 2.34. The number of carbonyl (C=O) groups is 1. The van der Waals surface area contributed by atoms with Gasteiger partial charge in [-0.05, 0) is 68.4 Å². The number of nitrogens with one attached hydrogen (secondary N) is 4. The molecule has 1 aliphatic rings. The monoisotopic (exact) mass is 524 g/mol. The van der Waals surface area contributed by atoms with Gasteiger partial charge in [0.25, 0.3) is 5.91 Å². The molecule has 3 heterocycles. The first-order valence-corrected chi connectivity index (χ1v) is 11.6. The molecule has 0 spiro atoms. The van der Waals surface area contributed by atoms with Crippen LogP contribution in [0.5, 0.6) is 5.75 Å². The van der Waals surface area contributed by atoms with Gasteiger partial charge in [0.15, 0.2) is 0 Å². The zero-order chi connectivity index (χ0) is 27.5. The Kier molecular flexibility index (Phi) is 9.67. The molecule has 2 aromatic carbocycles. The normalized spacial score (nSPS) is 12.5. The highest BCUT2D eigenvalue weighted by Crippen LogP contribution is 2.37. The van der Waals surface area contributed by atoms with E-state index in [0.29, 0.717) is 5.69 Å². The molecule has 0 radical (unpaired) electrons. The van der Waals surface area contributed by atoms with Crippen molar-refractivity contribution in [3.05, 3.63) is 72.1 Å². The number of fused-ring (bicyclic) bond motifs is 1. The van der Waals surface area contributed by atoms with Gasteiger partial charge in [0.05, 0.1) is 30.0 Å². The van der Waals surface area contributed by atoms with Crippen molar-refractivity contribution in [2.24, 2.45) is 0 Å². The van der Waals surface area contributed by atoms with E-state index in [0.717, 1.165) is 30.1 Å². The van der Waals surface area contributed by atoms with E-state index in [9.17, 15) is 18.0 Å². The van der Waals surface area contributed by atoms with Crippen LogP contribution in [0, 0.1) is 12.8 Å². The number of amides is 1. The molecule has 2 aromatic heterocycles. The van der Waals surface area contributed by atoms with Gasteiger partial charge < -0.3 is 20.7 Å². The first kappa shape index (κ1) is 28.0. The van der Waals surface area contributed by atoms with Crippen LogP contribution in [-0.4, -0.2) is 41.3 Å². The average molecular weight is 525 g/mol. The summed E-state index contributed by atoms with van der Waals surface area (Å²) in [5.41, 5.74) is 0.935. The fraction of sp³-hybridized carbons (Fsp3) is 0.222. The number of alkyl halides is 3. The van der Waals surface area contributed by atoms with Gasteiger partial charge in [0, 0.05) is 29.0 Å². The standard InChI is InChI=1S/C21H16F3N5O2.C4H9N.C2H2/c1-31-18-10-14(6-7-16(18)21(22,23)24)28-20(30)15-3-2-8-25-19(15)27-13-5-4-12-11-26-29-17(12)9-13;1-2-4-5-3-1;1-2/h2-11H,1H3,(H,25,27)(H,26,29)(H,28,30);5H,1-4H2;1-2H. The molecular weight excluding hydrogens is 497 g/mol. The van der Waals surface area contributed by atoms with E-state index in [1.807, 2.05) is 18.2 Å². The molecule has 8 nitrogen and oxygen atoms in total. The maximum Gasteiger partial charge on any atom is 0.419 e. The minimum Gasteiger partial charge on any atom is -0.496 e.